The molecule has 0 heterocycles. The summed E-state index contributed by atoms with van der Waals surface area (Å²) in [7, 11) is 0. The van der Waals surface area contributed by atoms with Crippen molar-refractivity contribution in [1.82, 2.24) is 5.32 Å². The topological polar surface area (TPSA) is 149 Å². The van der Waals surface area contributed by atoms with Crippen LogP contribution in [0.4, 0.5) is 4.79 Å². The van der Waals surface area contributed by atoms with Crippen molar-refractivity contribution in [3.05, 3.63) is 59.7 Å². The Kier molecular flexibility index (Phi) is 37.0. The first-order valence-electron chi connectivity index (χ1n) is 24.3. The lowest BCUT2D eigenvalue weighted by atomic mass is 9.98. The number of carbonyl (C=O) groups excluding carboxylic acids is 1. The molecule has 0 bridgehead atoms. The molecule has 372 valence electrons. The lowest BCUT2D eigenvalue weighted by Gasteiger charge is -2.14. The molecule has 0 spiro atoms. The van der Waals surface area contributed by atoms with Gasteiger partial charge in [0.15, 0.2) is 0 Å². The van der Waals surface area contributed by atoms with Crippen molar-refractivity contribution in [3.8, 4) is 11.1 Å². The monoisotopic (exact) mass is 922 g/mol. The summed E-state index contributed by atoms with van der Waals surface area (Å²) in [5.74, 6) is 0.0482. The van der Waals surface area contributed by atoms with E-state index in [1.54, 1.807) is 0 Å². The molecule has 0 aromatic heterocycles. The molecule has 1 amide bonds. The highest BCUT2D eigenvalue weighted by molar-refractivity contribution is 5.79. The number of amides is 1. The van der Waals surface area contributed by atoms with Crippen LogP contribution in [0.5, 0.6) is 0 Å². The number of nitrogens with one attached hydrogen (secondary N) is 1. The normalized spacial score (nSPS) is 12.2. The summed E-state index contributed by atoms with van der Waals surface area (Å²) in [6.45, 7) is 15.7. The molecule has 1 aliphatic rings. The lowest BCUT2D eigenvalue weighted by Crippen LogP contribution is -2.27. The van der Waals surface area contributed by atoms with Crippen molar-refractivity contribution in [1.29, 1.82) is 0 Å². The minimum Gasteiger partial charge on any atom is -0.449 e. The zero-order chi connectivity index (χ0) is 45.8. The van der Waals surface area contributed by atoms with Crippen LogP contribution >= 0.6 is 0 Å². The maximum atomic E-state index is 12.3. The van der Waals surface area contributed by atoms with E-state index >= 15 is 0 Å². The molecule has 0 unspecified atom stereocenters. The SMILES string of the molecule is CCCCCCCCCCOCCOCCOCCOCCOCCOCCOCCOCCOCCOCCOCCOCCCNC(=O)OCC1c2ccccc2-c2ccccc21. The molecule has 3 rings (SSSR count). The maximum absolute atomic E-state index is 12.3. The number of ether oxygens (including phenoxy) is 13. The zero-order valence-corrected chi connectivity index (χ0v) is 39.7. The number of rotatable bonds is 48. The summed E-state index contributed by atoms with van der Waals surface area (Å²) < 4.78 is 72.1. The van der Waals surface area contributed by atoms with Gasteiger partial charge in [0.05, 0.1) is 145 Å². The second kappa shape index (κ2) is 42.6. The number of unbranched alkanes of at least 4 members (excludes halogenated alkanes) is 7. The van der Waals surface area contributed by atoms with E-state index in [2.05, 4.69) is 36.5 Å². The Balaban J connectivity index is 0.901. The van der Waals surface area contributed by atoms with Gasteiger partial charge in [-0.1, -0.05) is 100 Å². The Morgan fingerprint density at radius 3 is 1.03 bits per heavy atom. The molecule has 0 radical (unpaired) electrons. The summed E-state index contributed by atoms with van der Waals surface area (Å²) >= 11 is 0. The van der Waals surface area contributed by atoms with Gasteiger partial charge in [-0.2, -0.15) is 0 Å². The summed E-state index contributed by atoms with van der Waals surface area (Å²) in [5, 5.41) is 2.81. The van der Waals surface area contributed by atoms with Gasteiger partial charge in [0.25, 0.3) is 0 Å². The highest BCUT2D eigenvalue weighted by atomic mass is 16.6. The predicted octanol–water partition coefficient (Wildman–Crippen LogP) is 7.26. The average molecular weight is 922 g/mol. The average Bonchev–Trinajstić information content (AvgIpc) is 3.65. The van der Waals surface area contributed by atoms with Crippen molar-refractivity contribution < 1.29 is 66.4 Å². The van der Waals surface area contributed by atoms with Gasteiger partial charge >= 0.3 is 6.09 Å². The number of alkyl carbamates (subject to hydrolysis) is 1. The summed E-state index contributed by atoms with van der Waals surface area (Å²) in [4.78, 5) is 12.3. The second-order valence-electron chi connectivity index (χ2n) is 15.4. The third-order valence-electron chi connectivity index (χ3n) is 10.3. The Bertz CT molecular complexity index is 1330. The number of hydrogen-bond donors (Lipinski definition) is 1. The molecule has 2 aromatic rings. The fraction of sp³-hybridized carbons (Fsp3) is 0.740. The van der Waals surface area contributed by atoms with Crippen molar-refractivity contribution in [2.24, 2.45) is 0 Å². The third kappa shape index (κ3) is 30.3. The molecular formula is C50H83NO14. The Morgan fingerprint density at radius 2 is 0.677 bits per heavy atom. The highest BCUT2D eigenvalue weighted by Crippen LogP contribution is 2.44. The van der Waals surface area contributed by atoms with Crippen LogP contribution in [-0.2, 0) is 61.6 Å². The zero-order valence-electron chi connectivity index (χ0n) is 39.7. The smallest absolute Gasteiger partial charge is 0.407 e. The van der Waals surface area contributed by atoms with Crippen molar-refractivity contribution in [2.45, 2.75) is 70.6 Å². The van der Waals surface area contributed by atoms with Gasteiger partial charge in [0, 0.05) is 25.7 Å². The predicted molar refractivity (Wildman–Crippen MR) is 250 cm³/mol. The molecule has 0 saturated carbocycles. The minimum atomic E-state index is -0.415. The first-order chi connectivity index (χ1) is 32.3. The van der Waals surface area contributed by atoms with Crippen LogP contribution in [0.15, 0.2) is 48.5 Å². The molecule has 0 aliphatic heterocycles. The van der Waals surface area contributed by atoms with Gasteiger partial charge in [0.1, 0.15) is 6.61 Å². The lowest BCUT2D eigenvalue weighted by molar-refractivity contribution is -0.0283. The maximum Gasteiger partial charge on any atom is 0.407 e. The van der Waals surface area contributed by atoms with Crippen LogP contribution in [0.2, 0.25) is 0 Å². The highest BCUT2D eigenvalue weighted by Gasteiger charge is 2.29. The van der Waals surface area contributed by atoms with E-state index in [1.807, 2.05) is 24.3 Å². The molecule has 1 N–H and O–H groups in total. The van der Waals surface area contributed by atoms with E-state index < -0.39 is 6.09 Å². The number of carbonyl (C=O) groups is 1. The standard InChI is InChI=1S/C50H83NO14/c1-2-3-4-5-6-7-8-13-20-53-22-24-55-26-28-57-30-32-59-34-36-61-38-40-63-42-43-64-41-39-62-37-35-60-33-31-58-29-27-56-25-23-54-21-14-19-51-50(52)65-44-49-47-17-11-9-15-45(47)46-16-10-12-18-48(46)49/h9-12,15-18,49H,2-8,13-14,19-44H2,1H3,(H,51,52). The van der Waals surface area contributed by atoms with Gasteiger partial charge < -0.3 is 66.9 Å². The van der Waals surface area contributed by atoms with E-state index in [4.69, 9.17) is 61.6 Å². The van der Waals surface area contributed by atoms with Gasteiger partial charge in [-0.3, -0.25) is 0 Å². The van der Waals surface area contributed by atoms with Crippen LogP contribution in [0.25, 0.3) is 11.1 Å². The van der Waals surface area contributed by atoms with E-state index in [9.17, 15) is 4.79 Å². The van der Waals surface area contributed by atoms with Gasteiger partial charge in [0.2, 0.25) is 0 Å². The summed E-state index contributed by atoms with van der Waals surface area (Å²) in [6, 6.07) is 16.6. The van der Waals surface area contributed by atoms with E-state index in [-0.39, 0.29) is 5.92 Å². The fourth-order valence-electron chi connectivity index (χ4n) is 6.87. The fourth-order valence-corrected chi connectivity index (χ4v) is 6.87. The van der Waals surface area contributed by atoms with E-state index in [0.717, 1.165) is 13.0 Å². The Hall–Kier alpha value is -2.77. The number of fused-ring (bicyclic) bond motifs is 3. The third-order valence-corrected chi connectivity index (χ3v) is 10.3. The summed E-state index contributed by atoms with van der Waals surface area (Å²) in [6.07, 6.45) is 10.8. The molecule has 0 atom stereocenters. The minimum absolute atomic E-state index is 0.0482. The Labute approximate surface area is 390 Å². The van der Waals surface area contributed by atoms with Crippen LogP contribution in [-0.4, -0.2) is 178 Å². The largest absolute Gasteiger partial charge is 0.449 e. The first kappa shape index (κ1) is 56.6. The molecular weight excluding hydrogens is 839 g/mol. The van der Waals surface area contributed by atoms with Gasteiger partial charge in [-0.25, -0.2) is 4.79 Å². The molecule has 15 nitrogen and oxygen atoms in total. The number of benzene rings is 2. The van der Waals surface area contributed by atoms with E-state index in [1.165, 1.54) is 67.2 Å². The first-order valence-corrected chi connectivity index (χ1v) is 24.3. The van der Waals surface area contributed by atoms with E-state index in [0.29, 0.717) is 172 Å². The van der Waals surface area contributed by atoms with Crippen molar-refractivity contribution in [3.63, 3.8) is 0 Å². The number of hydrogen-bond acceptors (Lipinski definition) is 14. The molecule has 15 heteroatoms. The molecule has 2 aromatic carbocycles. The second-order valence-corrected chi connectivity index (χ2v) is 15.4. The van der Waals surface area contributed by atoms with Crippen LogP contribution in [0.3, 0.4) is 0 Å². The van der Waals surface area contributed by atoms with Crippen molar-refractivity contribution in [2.75, 3.05) is 172 Å². The van der Waals surface area contributed by atoms with Gasteiger partial charge in [-0.15, -0.1) is 0 Å². The van der Waals surface area contributed by atoms with Gasteiger partial charge in [-0.05, 0) is 35.1 Å². The Morgan fingerprint density at radius 1 is 0.385 bits per heavy atom. The van der Waals surface area contributed by atoms with Crippen LogP contribution in [0.1, 0.15) is 81.8 Å². The quantitative estimate of drug-likeness (QED) is 0.0664. The molecule has 0 saturated heterocycles. The molecule has 0 fully saturated rings. The molecule has 65 heavy (non-hydrogen) atoms. The van der Waals surface area contributed by atoms with Crippen molar-refractivity contribution >= 4 is 6.09 Å². The van der Waals surface area contributed by atoms with Crippen LogP contribution < -0.4 is 5.32 Å². The molecule has 1 aliphatic carbocycles. The van der Waals surface area contributed by atoms with Crippen LogP contribution in [0, 0.1) is 0 Å². The summed E-state index contributed by atoms with van der Waals surface area (Å²) in [5.41, 5.74) is 4.81.